The summed E-state index contributed by atoms with van der Waals surface area (Å²) in [5.41, 5.74) is 0.705. The van der Waals surface area contributed by atoms with Crippen LogP contribution in [0.25, 0.3) is 0 Å². The third-order valence-corrected chi connectivity index (χ3v) is 4.08. The number of nitrogens with zero attached hydrogens (tertiary/aromatic N) is 2. The van der Waals surface area contributed by atoms with Gasteiger partial charge >= 0.3 is 0 Å². The topological polar surface area (TPSA) is 32.8 Å². The van der Waals surface area contributed by atoms with Crippen LogP contribution in [-0.4, -0.2) is 56.0 Å². The predicted molar refractivity (Wildman–Crippen MR) is 79.1 cm³/mol. The molecule has 0 unspecified atom stereocenters. The van der Waals surface area contributed by atoms with Gasteiger partial charge in [-0.05, 0) is 47.8 Å². The Kier molecular flexibility index (Phi) is 4.45. The largest absolute Gasteiger partial charge is 0.496 e. The molecule has 2 rings (SSSR count). The molecule has 0 aromatic heterocycles. The summed E-state index contributed by atoms with van der Waals surface area (Å²) >= 11 is 2.20. The van der Waals surface area contributed by atoms with E-state index in [9.17, 15) is 4.79 Å². The zero-order valence-electron chi connectivity index (χ0n) is 10.6. The lowest BCUT2D eigenvalue weighted by molar-refractivity contribution is 0.0663. The second-order valence-corrected chi connectivity index (χ2v) is 5.61. The number of ether oxygens (including phenoxy) is 1. The Morgan fingerprint density at radius 3 is 2.56 bits per heavy atom. The minimum Gasteiger partial charge on any atom is -0.496 e. The number of methoxy groups -OCH3 is 1. The Morgan fingerprint density at radius 1 is 1.28 bits per heavy atom. The summed E-state index contributed by atoms with van der Waals surface area (Å²) in [5, 5.41) is 0. The third-order valence-electron chi connectivity index (χ3n) is 3.19. The van der Waals surface area contributed by atoms with Crippen LogP contribution in [-0.2, 0) is 0 Å². The summed E-state index contributed by atoms with van der Waals surface area (Å²) in [6.45, 7) is 3.47. The first-order valence-electron chi connectivity index (χ1n) is 5.93. The third kappa shape index (κ3) is 2.95. The van der Waals surface area contributed by atoms with Crippen LogP contribution in [0.3, 0.4) is 0 Å². The van der Waals surface area contributed by atoms with E-state index >= 15 is 0 Å². The lowest BCUT2D eigenvalue weighted by Gasteiger charge is -2.32. The first-order valence-corrected chi connectivity index (χ1v) is 7.01. The van der Waals surface area contributed by atoms with Crippen LogP contribution < -0.4 is 4.74 Å². The minimum atomic E-state index is 0.0952. The van der Waals surface area contributed by atoms with Gasteiger partial charge in [-0.3, -0.25) is 4.79 Å². The molecule has 1 aromatic carbocycles. The van der Waals surface area contributed by atoms with Crippen molar-refractivity contribution in [1.82, 2.24) is 9.80 Å². The number of benzene rings is 1. The number of carbonyl (C=O) groups excluding carboxylic acids is 1. The summed E-state index contributed by atoms with van der Waals surface area (Å²) in [6, 6.07) is 5.61. The molecule has 0 spiro atoms. The molecule has 0 radical (unpaired) electrons. The quantitative estimate of drug-likeness (QED) is 0.753. The van der Waals surface area contributed by atoms with Crippen molar-refractivity contribution in [2.75, 3.05) is 40.3 Å². The van der Waals surface area contributed by atoms with E-state index in [-0.39, 0.29) is 5.91 Å². The van der Waals surface area contributed by atoms with E-state index in [1.54, 1.807) is 7.11 Å². The molecule has 0 N–H and O–H groups in total. The molecule has 0 aliphatic carbocycles. The zero-order valence-corrected chi connectivity index (χ0v) is 12.8. The SMILES string of the molecule is COc1cc(C(=O)N2CCN(C)CC2)ccc1I. The van der Waals surface area contributed by atoms with Crippen molar-refractivity contribution in [2.45, 2.75) is 0 Å². The molecule has 0 bridgehead atoms. The molecule has 18 heavy (non-hydrogen) atoms. The van der Waals surface area contributed by atoms with E-state index in [4.69, 9.17) is 4.74 Å². The zero-order chi connectivity index (χ0) is 13.1. The average Bonchev–Trinajstić information content (AvgIpc) is 2.39. The molecular weight excluding hydrogens is 343 g/mol. The highest BCUT2D eigenvalue weighted by molar-refractivity contribution is 14.1. The van der Waals surface area contributed by atoms with Gasteiger partial charge in [0.25, 0.3) is 5.91 Å². The van der Waals surface area contributed by atoms with Crippen LogP contribution in [0.5, 0.6) is 5.75 Å². The summed E-state index contributed by atoms with van der Waals surface area (Å²) in [5.74, 6) is 0.855. The van der Waals surface area contributed by atoms with Crippen molar-refractivity contribution in [1.29, 1.82) is 0 Å². The summed E-state index contributed by atoms with van der Waals surface area (Å²) in [6.07, 6.45) is 0. The van der Waals surface area contributed by atoms with Crippen LogP contribution in [0, 0.1) is 3.57 Å². The maximum Gasteiger partial charge on any atom is 0.254 e. The van der Waals surface area contributed by atoms with Crippen LogP contribution >= 0.6 is 22.6 Å². The molecule has 0 atom stereocenters. The standard InChI is InChI=1S/C13H17IN2O2/c1-15-5-7-16(8-6-15)13(17)10-3-4-11(14)12(9-10)18-2/h3-4,9H,5-8H2,1-2H3. The second-order valence-electron chi connectivity index (χ2n) is 4.44. The van der Waals surface area contributed by atoms with Crippen molar-refractivity contribution in [3.8, 4) is 5.75 Å². The Bertz CT molecular complexity index is 443. The number of rotatable bonds is 2. The molecule has 1 amide bonds. The van der Waals surface area contributed by atoms with Gasteiger partial charge in [0.15, 0.2) is 0 Å². The first kappa shape index (κ1) is 13.6. The van der Waals surface area contributed by atoms with E-state index in [0.717, 1.165) is 35.5 Å². The fraction of sp³-hybridized carbons (Fsp3) is 0.462. The van der Waals surface area contributed by atoms with Gasteiger partial charge < -0.3 is 14.5 Å². The van der Waals surface area contributed by atoms with Crippen molar-refractivity contribution < 1.29 is 9.53 Å². The number of hydrogen-bond donors (Lipinski definition) is 0. The van der Waals surface area contributed by atoms with Crippen molar-refractivity contribution in [3.05, 3.63) is 27.3 Å². The monoisotopic (exact) mass is 360 g/mol. The molecule has 1 saturated heterocycles. The number of piperazine rings is 1. The molecule has 1 fully saturated rings. The summed E-state index contributed by atoms with van der Waals surface area (Å²) in [4.78, 5) is 16.5. The second kappa shape index (κ2) is 5.88. The predicted octanol–water partition coefficient (Wildman–Crippen LogP) is 1.69. The number of amides is 1. The lowest BCUT2D eigenvalue weighted by Crippen LogP contribution is -2.47. The van der Waals surface area contributed by atoms with Crippen molar-refractivity contribution in [3.63, 3.8) is 0 Å². The first-order chi connectivity index (χ1) is 8.61. The normalized spacial score (nSPS) is 16.7. The Morgan fingerprint density at radius 2 is 1.94 bits per heavy atom. The Balaban J connectivity index is 2.13. The molecule has 1 aliphatic heterocycles. The van der Waals surface area contributed by atoms with E-state index in [2.05, 4.69) is 34.5 Å². The molecule has 1 aromatic rings. The number of hydrogen-bond acceptors (Lipinski definition) is 3. The van der Waals surface area contributed by atoms with E-state index in [1.807, 2.05) is 23.1 Å². The van der Waals surface area contributed by atoms with E-state index in [1.165, 1.54) is 0 Å². The smallest absolute Gasteiger partial charge is 0.254 e. The number of halogens is 1. The van der Waals surface area contributed by atoms with Crippen LogP contribution in [0.15, 0.2) is 18.2 Å². The molecule has 4 nitrogen and oxygen atoms in total. The van der Waals surface area contributed by atoms with Crippen LogP contribution in [0.1, 0.15) is 10.4 Å². The Labute approximate surface area is 121 Å². The highest BCUT2D eigenvalue weighted by Crippen LogP contribution is 2.22. The van der Waals surface area contributed by atoms with Gasteiger partial charge in [-0.2, -0.15) is 0 Å². The maximum atomic E-state index is 12.3. The molecular formula is C13H17IN2O2. The van der Waals surface area contributed by atoms with Crippen molar-refractivity contribution in [2.24, 2.45) is 0 Å². The van der Waals surface area contributed by atoms with Gasteiger partial charge in [-0.25, -0.2) is 0 Å². The van der Waals surface area contributed by atoms with Crippen molar-refractivity contribution >= 4 is 28.5 Å². The van der Waals surface area contributed by atoms with Gasteiger partial charge in [0, 0.05) is 31.7 Å². The molecule has 5 heteroatoms. The maximum absolute atomic E-state index is 12.3. The summed E-state index contributed by atoms with van der Waals surface area (Å²) < 4.78 is 6.27. The highest BCUT2D eigenvalue weighted by atomic mass is 127. The number of carbonyl (C=O) groups is 1. The fourth-order valence-electron chi connectivity index (χ4n) is 1.98. The van der Waals surface area contributed by atoms with Gasteiger partial charge in [0.05, 0.1) is 10.7 Å². The molecule has 1 aliphatic rings. The van der Waals surface area contributed by atoms with Crippen LogP contribution in [0.4, 0.5) is 0 Å². The molecule has 0 saturated carbocycles. The molecule has 98 valence electrons. The molecule has 1 heterocycles. The highest BCUT2D eigenvalue weighted by Gasteiger charge is 2.20. The van der Waals surface area contributed by atoms with Gasteiger partial charge in [0.1, 0.15) is 5.75 Å². The average molecular weight is 360 g/mol. The van der Waals surface area contributed by atoms with Gasteiger partial charge in [-0.15, -0.1) is 0 Å². The van der Waals surface area contributed by atoms with E-state index < -0.39 is 0 Å². The summed E-state index contributed by atoms with van der Waals surface area (Å²) in [7, 11) is 3.71. The lowest BCUT2D eigenvalue weighted by atomic mass is 10.1. The fourth-order valence-corrected chi connectivity index (χ4v) is 2.54. The minimum absolute atomic E-state index is 0.0952. The van der Waals surface area contributed by atoms with Gasteiger partial charge in [-0.1, -0.05) is 0 Å². The van der Waals surface area contributed by atoms with Gasteiger partial charge in [0.2, 0.25) is 0 Å². The Hall–Kier alpha value is -0.820. The van der Waals surface area contributed by atoms with E-state index in [0.29, 0.717) is 5.56 Å². The number of likely N-dealkylation sites (N-methyl/N-ethyl adjacent to an activating group) is 1. The van der Waals surface area contributed by atoms with Crippen LogP contribution in [0.2, 0.25) is 0 Å².